The van der Waals surface area contributed by atoms with Crippen LogP contribution in [0.25, 0.3) is 0 Å². The SMILES string of the molecule is COP=O.Oc1ccccc1. The quantitative estimate of drug-likeness (QED) is 0.660. The lowest BCUT2D eigenvalue weighted by Crippen LogP contribution is -1.56. The van der Waals surface area contributed by atoms with Crippen LogP contribution >= 0.6 is 8.69 Å². The zero-order valence-corrected chi connectivity index (χ0v) is 6.99. The van der Waals surface area contributed by atoms with Gasteiger partial charge in [0.05, 0.1) is 0 Å². The Balaban J connectivity index is 0.000000218. The summed E-state index contributed by atoms with van der Waals surface area (Å²) >= 11 is 0. The van der Waals surface area contributed by atoms with Gasteiger partial charge in [0.2, 0.25) is 0 Å². The van der Waals surface area contributed by atoms with Crippen LogP contribution in [0.5, 0.6) is 5.75 Å². The number of aromatic hydroxyl groups is 1. The highest BCUT2D eigenvalue weighted by molar-refractivity contribution is 7.17. The third-order valence-corrected chi connectivity index (χ3v) is 0.980. The number of rotatable bonds is 1. The maximum atomic E-state index is 9.05. The van der Waals surface area contributed by atoms with Gasteiger partial charge in [0.25, 0.3) is 0 Å². The molecule has 4 heteroatoms. The lowest BCUT2D eigenvalue weighted by atomic mass is 10.3. The van der Waals surface area contributed by atoms with Crippen LogP contribution in [-0.2, 0) is 9.09 Å². The van der Waals surface area contributed by atoms with Gasteiger partial charge in [-0.25, -0.2) is 4.57 Å². The fourth-order valence-electron chi connectivity index (χ4n) is 0.428. The molecule has 0 saturated heterocycles. The van der Waals surface area contributed by atoms with Crippen molar-refractivity contribution in [2.75, 3.05) is 7.11 Å². The molecule has 0 atom stereocenters. The molecular weight excluding hydrogens is 163 g/mol. The molecule has 0 aliphatic heterocycles. The van der Waals surface area contributed by atoms with Crippen molar-refractivity contribution in [3.8, 4) is 5.75 Å². The Morgan fingerprint density at radius 1 is 1.36 bits per heavy atom. The van der Waals surface area contributed by atoms with E-state index in [0.717, 1.165) is 0 Å². The molecule has 11 heavy (non-hydrogen) atoms. The summed E-state index contributed by atoms with van der Waals surface area (Å²) in [7, 11) is 1.10. The van der Waals surface area contributed by atoms with Crippen LogP contribution in [0.15, 0.2) is 30.3 Å². The average Bonchev–Trinajstić information content (AvgIpc) is 2.07. The number of phenols is 1. The molecule has 0 bridgehead atoms. The predicted molar refractivity (Wildman–Crippen MR) is 42.7 cm³/mol. The van der Waals surface area contributed by atoms with Gasteiger partial charge in [-0.15, -0.1) is 0 Å². The third kappa shape index (κ3) is 6.97. The molecule has 0 spiro atoms. The highest BCUT2D eigenvalue weighted by Crippen LogP contribution is 2.02. The number of hydrogen-bond acceptors (Lipinski definition) is 3. The molecule has 3 nitrogen and oxygen atoms in total. The van der Waals surface area contributed by atoms with Crippen molar-refractivity contribution in [2.24, 2.45) is 0 Å². The fourth-order valence-corrected chi connectivity index (χ4v) is 0.428. The topological polar surface area (TPSA) is 46.5 Å². The van der Waals surface area contributed by atoms with Crippen LogP contribution in [0.4, 0.5) is 0 Å². The van der Waals surface area contributed by atoms with Crippen LogP contribution in [0, 0.1) is 0 Å². The van der Waals surface area contributed by atoms with E-state index >= 15 is 0 Å². The van der Waals surface area contributed by atoms with E-state index in [1.165, 1.54) is 7.11 Å². The van der Waals surface area contributed by atoms with E-state index in [4.69, 9.17) is 9.67 Å². The Morgan fingerprint density at radius 2 is 1.82 bits per heavy atom. The summed E-state index contributed by atoms with van der Waals surface area (Å²) < 4.78 is 13.0. The zero-order chi connectivity index (χ0) is 8.53. The monoisotopic (exact) mass is 172 g/mol. The van der Waals surface area contributed by atoms with E-state index in [9.17, 15) is 0 Å². The Hall–Kier alpha value is -0.920. The van der Waals surface area contributed by atoms with Crippen molar-refractivity contribution >= 4 is 8.69 Å². The lowest BCUT2D eigenvalue weighted by Gasteiger charge is -1.82. The standard InChI is InChI=1S/C6H6O.CH3O2P/c7-6-4-2-1-3-5-6;1-3-4-2/h1-5,7H;1H3. The minimum Gasteiger partial charge on any atom is -0.508 e. The first-order valence-corrected chi connectivity index (χ1v) is 3.64. The Kier molecular flexibility index (Phi) is 6.59. The molecule has 1 N–H and O–H groups in total. The molecule has 0 radical (unpaired) electrons. The summed E-state index contributed by atoms with van der Waals surface area (Å²) in [5.74, 6) is 0.322. The smallest absolute Gasteiger partial charge is 0.327 e. The Morgan fingerprint density at radius 3 is 2.00 bits per heavy atom. The summed E-state index contributed by atoms with van der Waals surface area (Å²) in [6.07, 6.45) is 0. The molecule has 0 saturated carbocycles. The summed E-state index contributed by atoms with van der Waals surface area (Å²) in [4.78, 5) is 0. The van der Waals surface area contributed by atoms with Gasteiger partial charge in [-0.05, 0) is 12.1 Å². The fraction of sp³-hybridized carbons (Fsp3) is 0.143. The highest BCUT2D eigenvalue weighted by Gasteiger charge is 1.74. The second kappa shape index (κ2) is 7.19. The summed E-state index contributed by atoms with van der Waals surface area (Å²) in [6.45, 7) is 0. The lowest BCUT2D eigenvalue weighted by molar-refractivity contribution is 0.433. The van der Waals surface area contributed by atoms with E-state index in [1.54, 1.807) is 24.3 Å². The second-order valence-corrected chi connectivity index (χ2v) is 2.11. The number of para-hydroxylation sites is 1. The molecule has 1 rings (SSSR count). The third-order valence-electron chi connectivity index (χ3n) is 0.831. The molecule has 0 fully saturated rings. The van der Waals surface area contributed by atoms with E-state index < -0.39 is 0 Å². The number of hydrogen-bond donors (Lipinski definition) is 1. The molecule has 0 aliphatic carbocycles. The summed E-state index contributed by atoms with van der Waals surface area (Å²) in [6, 6.07) is 8.71. The minimum atomic E-state index is -0.252. The van der Waals surface area contributed by atoms with Crippen LogP contribution in [0.2, 0.25) is 0 Å². The summed E-state index contributed by atoms with van der Waals surface area (Å²) in [5.41, 5.74) is 0. The molecule has 0 aliphatic rings. The average molecular weight is 172 g/mol. The first-order chi connectivity index (χ1) is 5.31. The molecule has 1 aromatic carbocycles. The van der Waals surface area contributed by atoms with E-state index in [-0.39, 0.29) is 8.69 Å². The van der Waals surface area contributed by atoms with Crippen LogP contribution < -0.4 is 0 Å². The van der Waals surface area contributed by atoms with Crippen LogP contribution in [-0.4, -0.2) is 12.2 Å². The van der Waals surface area contributed by atoms with Crippen molar-refractivity contribution in [3.05, 3.63) is 30.3 Å². The van der Waals surface area contributed by atoms with Crippen LogP contribution in [0.1, 0.15) is 0 Å². The molecular formula is C7H9O3P. The molecule has 1 aromatic rings. The number of phenolic OH excluding ortho intramolecular Hbond substituents is 1. The van der Waals surface area contributed by atoms with Crippen molar-refractivity contribution in [3.63, 3.8) is 0 Å². The molecule has 0 unspecified atom stereocenters. The van der Waals surface area contributed by atoms with Gasteiger partial charge in [-0.2, -0.15) is 0 Å². The van der Waals surface area contributed by atoms with Gasteiger partial charge in [-0.3, -0.25) is 4.52 Å². The van der Waals surface area contributed by atoms with Gasteiger partial charge in [-0.1, -0.05) is 18.2 Å². The van der Waals surface area contributed by atoms with Crippen molar-refractivity contribution in [2.45, 2.75) is 0 Å². The van der Waals surface area contributed by atoms with Crippen molar-refractivity contribution in [1.29, 1.82) is 0 Å². The molecule has 60 valence electrons. The van der Waals surface area contributed by atoms with Gasteiger partial charge in [0.15, 0.2) is 0 Å². The van der Waals surface area contributed by atoms with Crippen molar-refractivity contribution in [1.82, 2.24) is 0 Å². The maximum Gasteiger partial charge on any atom is 0.327 e. The normalized spacial score (nSPS) is 8.45. The first-order valence-electron chi connectivity index (χ1n) is 2.91. The van der Waals surface area contributed by atoms with Gasteiger partial charge >= 0.3 is 8.69 Å². The van der Waals surface area contributed by atoms with Crippen molar-refractivity contribution < 1.29 is 14.2 Å². The predicted octanol–water partition coefficient (Wildman–Crippen LogP) is 2.23. The Bertz CT molecular complexity index is 188. The van der Waals surface area contributed by atoms with Gasteiger partial charge in [0, 0.05) is 7.11 Å². The van der Waals surface area contributed by atoms with Gasteiger partial charge < -0.3 is 5.11 Å². The zero-order valence-electron chi connectivity index (χ0n) is 6.10. The molecule has 0 heterocycles. The highest BCUT2D eigenvalue weighted by atomic mass is 31.1. The Labute approximate surface area is 66.9 Å². The molecule has 0 amide bonds. The maximum absolute atomic E-state index is 9.05. The largest absolute Gasteiger partial charge is 0.508 e. The minimum absolute atomic E-state index is 0.252. The number of benzene rings is 1. The van der Waals surface area contributed by atoms with E-state index in [2.05, 4.69) is 4.52 Å². The molecule has 0 aromatic heterocycles. The second-order valence-electron chi connectivity index (χ2n) is 1.59. The van der Waals surface area contributed by atoms with E-state index in [0.29, 0.717) is 5.75 Å². The van der Waals surface area contributed by atoms with Crippen LogP contribution in [0.3, 0.4) is 0 Å². The summed E-state index contributed by atoms with van der Waals surface area (Å²) in [5, 5.41) is 8.63. The van der Waals surface area contributed by atoms with Gasteiger partial charge in [0.1, 0.15) is 5.75 Å². The first kappa shape index (κ1) is 10.1. The van der Waals surface area contributed by atoms with E-state index in [1.807, 2.05) is 6.07 Å².